The fourth-order valence-electron chi connectivity index (χ4n) is 3.53. The molecule has 7 heteroatoms. The molecule has 0 fully saturated rings. The molecule has 0 atom stereocenters. The van der Waals surface area contributed by atoms with Crippen molar-refractivity contribution >= 4 is 16.6 Å². The standard InChI is InChI=1S/C17H11N3O4/c21-17-12-8-24-7-11(12)5-14-16-10(6-19(14)17)4-9-2-1-3-13(20(22)23)15(9)18-16/h1-5H,6-8H2. The molecule has 2 aliphatic rings. The van der Waals surface area contributed by atoms with E-state index < -0.39 is 4.92 Å². The molecule has 0 aliphatic carbocycles. The maximum Gasteiger partial charge on any atom is 0.295 e. The molecule has 2 aromatic heterocycles. The van der Waals surface area contributed by atoms with Gasteiger partial charge in [0, 0.05) is 22.6 Å². The van der Waals surface area contributed by atoms with Crippen LogP contribution in [0.1, 0.15) is 16.7 Å². The summed E-state index contributed by atoms with van der Waals surface area (Å²) in [6, 6.07) is 8.70. The van der Waals surface area contributed by atoms with Gasteiger partial charge in [0.2, 0.25) is 0 Å². The molecular weight excluding hydrogens is 310 g/mol. The Bertz CT molecular complexity index is 1120. The van der Waals surface area contributed by atoms with Crippen LogP contribution in [0.15, 0.2) is 35.1 Å². The highest BCUT2D eigenvalue weighted by Gasteiger charge is 2.28. The molecule has 0 bridgehead atoms. The maximum absolute atomic E-state index is 12.6. The second-order valence-electron chi connectivity index (χ2n) is 6.02. The molecule has 0 amide bonds. The van der Waals surface area contributed by atoms with Gasteiger partial charge in [-0.05, 0) is 17.7 Å². The van der Waals surface area contributed by atoms with Crippen molar-refractivity contribution in [1.82, 2.24) is 9.55 Å². The fourth-order valence-corrected chi connectivity index (χ4v) is 3.53. The fraction of sp³-hybridized carbons (Fsp3) is 0.176. The quantitative estimate of drug-likeness (QED) is 0.397. The molecule has 5 rings (SSSR count). The van der Waals surface area contributed by atoms with Crippen molar-refractivity contribution in [2.75, 3.05) is 0 Å². The van der Waals surface area contributed by atoms with Crippen molar-refractivity contribution < 1.29 is 9.66 Å². The Morgan fingerprint density at radius 2 is 2.08 bits per heavy atom. The molecule has 0 radical (unpaired) electrons. The summed E-state index contributed by atoms with van der Waals surface area (Å²) in [6.45, 7) is 1.19. The minimum atomic E-state index is -0.430. The first-order chi connectivity index (χ1) is 11.6. The molecule has 0 saturated heterocycles. The van der Waals surface area contributed by atoms with Crippen molar-refractivity contribution in [3.63, 3.8) is 0 Å². The number of benzene rings is 1. The second kappa shape index (κ2) is 4.48. The lowest BCUT2D eigenvalue weighted by Gasteiger charge is -2.06. The van der Waals surface area contributed by atoms with Gasteiger partial charge in [-0.25, -0.2) is 4.98 Å². The number of pyridine rings is 2. The van der Waals surface area contributed by atoms with E-state index in [0.717, 1.165) is 11.1 Å². The van der Waals surface area contributed by atoms with Gasteiger partial charge >= 0.3 is 0 Å². The van der Waals surface area contributed by atoms with E-state index in [2.05, 4.69) is 4.98 Å². The lowest BCUT2D eigenvalue weighted by molar-refractivity contribution is -0.383. The van der Waals surface area contributed by atoms with Gasteiger partial charge in [-0.3, -0.25) is 14.9 Å². The predicted octanol–water partition coefficient (Wildman–Crippen LogP) is 2.36. The van der Waals surface area contributed by atoms with Gasteiger partial charge in [0.05, 0.1) is 36.1 Å². The number of aromatic nitrogens is 2. The molecule has 3 aromatic rings. The molecular formula is C17H11N3O4. The van der Waals surface area contributed by atoms with E-state index in [1.54, 1.807) is 16.7 Å². The van der Waals surface area contributed by atoms with Gasteiger partial charge in [-0.15, -0.1) is 0 Å². The van der Waals surface area contributed by atoms with Crippen molar-refractivity contribution in [3.05, 3.63) is 67.5 Å². The first kappa shape index (κ1) is 13.4. The number of fused-ring (bicyclic) bond motifs is 5. The van der Waals surface area contributed by atoms with Gasteiger partial charge in [-0.2, -0.15) is 0 Å². The largest absolute Gasteiger partial charge is 0.372 e. The summed E-state index contributed by atoms with van der Waals surface area (Å²) < 4.78 is 7.04. The van der Waals surface area contributed by atoms with E-state index in [1.165, 1.54) is 6.07 Å². The van der Waals surface area contributed by atoms with Gasteiger partial charge in [-0.1, -0.05) is 12.1 Å². The number of non-ortho nitro benzene ring substituents is 1. The summed E-state index contributed by atoms with van der Waals surface area (Å²) in [5, 5.41) is 12.0. The SMILES string of the molecule is O=c1c2c(cc3n1Cc1cc4cccc([N+](=O)[O-])c4nc1-3)COC2. The average molecular weight is 321 g/mol. The number of ether oxygens (including phenoxy) is 1. The zero-order valence-corrected chi connectivity index (χ0v) is 12.5. The molecule has 0 N–H and O–H groups in total. The Balaban J connectivity index is 1.83. The second-order valence-corrected chi connectivity index (χ2v) is 6.02. The Morgan fingerprint density at radius 3 is 2.92 bits per heavy atom. The third-order valence-corrected chi connectivity index (χ3v) is 4.67. The Morgan fingerprint density at radius 1 is 1.21 bits per heavy atom. The molecule has 2 aliphatic heterocycles. The number of hydrogen-bond donors (Lipinski definition) is 0. The molecule has 24 heavy (non-hydrogen) atoms. The van der Waals surface area contributed by atoms with Crippen LogP contribution in [0.5, 0.6) is 0 Å². The third-order valence-electron chi connectivity index (χ3n) is 4.67. The minimum Gasteiger partial charge on any atom is -0.372 e. The predicted molar refractivity (Wildman–Crippen MR) is 85.7 cm³/mol. The minimum absolute atomic E-state index is 0.0272. The lowest BCUT2D eigenvalue weighted by atomic mass is 10.1. The number of hydrogen-bond acceptors (Lipinski definition) is 5. The Kier molecular flexibility index (Phi) is 2.50. The average Bonchev–Trinajstić information content (AvgIpc) is 3.17. The zero-order chi connectivity index (χ0) is 16.4. The molecule has 4 heterocycles. The van der Waals surface area contributed by atoms with Crippen LogP contribution in [0.4, 0.5) is 5.69 Å². The monoisotopic (exact) mass is 321 g/mol. The van der Waals surface area contributed by atoms with Gasteiger partial charge in [0.25, 0.3) is 11.2 Å². The van der Waals surface area contributed by atoms with Crippen molar-refractivity contribution in [1.29, 1.82) is 0 Å². The first-order valence-corrected chi connectivity index (χ1v) is 7.54. The molecule has 0 spiro atoms. The van der Waals surface area contributed by atoms with Gasteiger partial charge in [0.1, 0.15) is 5.52 Å². The Hall–Kier alpha value is -3.06. The maximum atomic E-state index is 12.6. The van der Waals surface area contributed by atoms with Crippen LogP contribution in [-0.2, 0) is 24.5 Å². The number of para-hydroxylation sites is 1. The van der Waals surface area contributed by atoms with Crippen LogP contribution < -0.4 is 5.56 Å². The van der Waals surface area contributed by atoms with Gasteiger partial charge in [0.15, 0.2) is 0 Å². The summed E-state index contributed by atoms with van der Waals surface area (Å²) in [4.78, 5) is 28.0. The van der Waals surface area contributed by atoms with Crippen LogP contribution in [0.25, 0.3) is 22.3 Å². The van der Waals surface area contributed by atoms with Crippen molar-refractivity contribution in [2.45, 2.75) is 19.8 Å². The molecule has 118 valence electrons. The molecule has 1 aromatic carbocycles. The number of nitrogens with zero attached hydrogens (tertiary/aromatic N) is 3. The summed E-state index contributed by atoms with van der Waals surface area (Å²) >= 11 is 0. The smallest absolute Gasteiger partial charge is 0.295 e. The molecule has 0 unspecified atom stereocenters. The molecule has 7 nitrogen and oxygen atoms in total. The zero-order valence-electron chi connectivity index (χ0n) is 12.5. The first-order valence-electron chi connectivity index (χ1n) is 7.54. The van der Waals surface area contributed by atoms with Crippen molar-refractivity contribution in [2.24, 2.45) is 0 Å². The van der Waals surface area contributed by atoms with E-state index in [9.17, 15) is 14.9 Å². The van der Waals surface area contributed by atoms with Crippen LogP contribution in [-0.4, -0.2) is 14.5 Å². The highest BCUT2D eigenvalue weighted by Crippen LogP contribution is 2.35. The van der Waals surface area contributed by atoms with E-state index in [-0.39, 0.29) is 11.2 Å². The van der Waals surface area contributed by atoms with Crippen LogP contribution in [0.3, 0.4) is 0 Å². The van der Waals surface area contributed by atoms with Crippen LogP contribution in [0, 0.1) is 10.1 Å². The van der Waals surface area contributed by atoms with Crippen LogP contribution in [0.2, 0.25) is 0 Å². The summed E-state index contributed by atoms with van der Waals surface area (Å²) in [5.41, 5.74) is 4.09. The van der Waals surface area contributed by atoms with E-state index in [1.807, 2.05) is 12.1 Å². The normalized spacial score (nSPS) is 14.5. The van der Waals surface area contributed by atoms with E-state index >= 15 is 0 Å². The van der Waals surface area contributed by atoms with E-state index in [4.69, 9.17) is 4.74 Å². The van der Waals surface area contributed by atoms with Crippen LogP contribution >= 0.6 is 0 Å². The summed E-state index contributed by atoms with van der Waals surface area (Å²) in [6.07, 6.45) is 0. The molecule has 0 saturated carbocycles. The highest BCUT2D eigenvalue weighted by molar-refractivity contribution is 5.90. The summed E-state index contributed by atoms with van der Waals surface area (Å²) in [7, 11) is 0. The van der Waals surface area contributed by atoms with E-state index in [0.29, 0.717) is 47.6 Å². The lowest BCUT2D eigenvalue weighted by Crippen LogP contribution is -2.22. The highest BCUT2D eigenvalue weighted by atomic mass is 16.6. The number of nitro benzene ring substituents is 1. The third kappa shape index (κ3) is 1.64. The number of nitro groups is 1. The van der Waals surface area contributed by atoms with Crippen molar-refractivity contribution in [3.8, 4) is 11.4 Å². The Labute approximate surface area is 135 Å². The number of rotatable bonds is 1. The summed E-state index contributed by atoms with van der Waals surface area (Å²) in [5.74, 6) is 0. The van der Waals surface area contributed by atoms with Gasteiger partial charge < -0.3 is 9.30 Å². The topological polar surface area (TPSA) is 87.3 Å².